The summed E-state index contributed by atoms with van der Waals surface area (Å²) in [7, 11) is 3.71. The summed E-state index contributed by atoms with van der Waals surface area (Å²) in [4.78, 5) is 32.8. The SMILES string of the molecule is CN(C)/C=C/C(=O)c1cccc(-c2cc(=O)[nH]c3c2[nH]c2ccc(Cl)cc23)c1. The number of fused-ring (bicyclic) bond motifs is 3. The number of nitrogens with zero attached hydrogens (tertiary/aromatic N) is 1. The van der Waals surface area contributed by atoms with E-state index in [1.54, 1.807) is 35.4 Å². The summed E-state index contributed by atoms with van der Waals surface area (Å²) < 4.78 is 0. The van der Waals surface area contributed by atoms with Gasteiger partial charge in [0, 0.05) is 59.5 Å². The molecule has 0 fully saturated rings. The van der Waals surface area contributed by atoms with Crippen LogP contribution in [0.4, 0.5) is 0 Å². The van der Waals surface area contributed by atoms with Crippen LogP contribution < -0.4 is 5.56 Å². The van der Waals surface area contributed by atoms with Crippen LogP contribution in [-0.4, -0.2) is 34.7 Å². The van der Waals surface area contributed by atoms with E-state index in [1.807, 2.05) is 38.4 Å². The van der Waals surface area contributed by atoms with E-state index in [0.29, 0.717) is 16.1 Å². The van der Waals surface area contributed by atoms with Crippen LogP contribution in [0.3, 0.4) is 0 Å². The minimum Gasteiger partial charge on any atom is -0.383 e. The Morgan fingerprint density at radius 2 is 1.86 bits per heavy atom. The Hall–Kier alpha value is -3.31. The van der Waals surface area contributed by atoms with Crippen molar-refractivity contribution < 1.29 is 4.79 Å². The monoisotopic (exact) mass is 391 g/mol. The van der Waals surface area contributed by atoms with Gasteiger partial charge in [0.15, 0.2) is 5.78 Å². The molecule has 0 unspecified atom stereocenters. The zero-order valence-electron chi connectivity index (χ0n) is 15.4. The minimum atomic E-state index is -0.215. The van der Waals surface area contributed by atoms with Crippen molar-refractivity contribution in [2.75, 3.05) is 14.1 Å². The fraction of sp³-hybridized carbons (Fsp3) is 0.0909. The van der Waals surface area contributed by atoms with E-state index < -0.39 is 0 Å². The predicted octanol–water partition coefficient (Wildman–Crippen LogP) is 4.59. The van der Waals surface area contributed by atoms with Crippen LogP contribution in [0.1, 0.15) is 10.4 Å². The molecular formula is C22H18ClN3O2. The van der Waals surface area contributed by atoms with E-state index in [9.17, 15) is 9.59 Å². The number of benzene rings is 2. The van der Waals surface area contributed by atoms with Gasteiger partial charge in [0.05, 0.1) is 11.0 Å². The molecule has 2 N–H and O–H groups in total. The highest BCUT2D eigenvalue weighted by Crippen LogP contribution is 2.32. The van der Waals surface area contributed by atoms with Crippen LogP contribution in [-0.2, 0) is 0 Å². The van der Waals surface area contributed by atoms with E-state index in [0.717, 1.165) is 27.5 Å². The topological polar surface area (TPSA) is 69.0 Å². The summed E-state index contributed by atoms with van der Waals surface area (Å²) >= 11 is 6.13. The molecule has 0 atom stereocenters. The summed E-state index contributed by atoms with van der Waals surface area (Å²) in [6, 6.07) is 14.3. The first kappa shape index (κ1) is 18.1. The van der Waals surface area contributed by atoms with Gasteiger partial charge in [-0.2, -0.15) is 0 Å². The maximum atomic E-state index is 12.4. The number of nitrogens with one attached hydrogen (secondary N) is 2. The van der Waals surface area contributed by atoms with Gasteiger partial charge in [-0.15, -0.1) is 0 Å². The Morgan fingerprint density at radius 1 is 1.04 bits per heavy atom. The number of ketones is 1. The highest BCUT2D eigenvalue weighted by molar-refractivity contribution is 6.31. The van der Waals surface area contributed by atoms with Crippen molar-refractivity contribution in [3.05, 3.63) is 81.7 Å². The Morgan fingerprint density at radius 3 is 2.64 bits per heavy atom. The molecule has 0 aliphatic carbocycles. The van der Waals surface area contributed by atoms with Crippen molar-refractivity contribution in [3.8, 4) is 11.1 Å². The Bertz CT molecular complexity index is 1300. The van der Waals surface area contributed by atoms with Crippen molar-refractivity contribution in [3.63, 3.8) is 0 Å². The van der Waals surface area contributed by atoms with Gasteiger partial charge >= 0.3 is 0 Å². The zero-order chi connectivity index (χ0) is 19.8. The van der Waals surface area contributed by atoms with Gasteiger partial charge < -0.3 is 14.9 Å². The molecule has 6 heteroatoms. The first-order valence-corrected chi connectivity index (χ1v) is 9.14. The number of halogens is 1. The summed E-state index contributed by atoms with van der Waals surface area (Å²) in [5.74, 6) is -0.0972. The van der Waals surface area contributed by atoms with E-state index in [2.05, 4.69) is 9.97 Å². The number of pyridine rings is 1. The fourth-order valence-corrected chi connectivity index (χ4v) is 3.41. The number of aromatic amines is 2. The molecule has 28 heavy (non-hydrogen) atoms. The molecule has 5 nitrogen and oxygen atoms in total. The first-order valence-electron chi connectivity index (χ1n) is 8.76. The van der Waals surface area contributed by atoms with E-state index in [-0.39, 0.29) is 11.3 Å². The van der Waals surface area contributed by atoms with E-state index in [1.165, 1.54) is 6.08 Å². The van der Waals surface area contributed by atoms with Crippen LogP contribution in [0.25, 0.3) is 33.1 Å². The van der Waals surface area contributed by atoms with Crippen LogP contribution in [0.15, 0.2) is 65.6 Å². The molecule has 4 rings (SSSR count). The van der Waals surface area contributed by atoms with Crippen molar-refractivity contribution in [1.82, 2.24) is 14.9 Å². The number of aromatic nitrogens is 2. The average Bonchev–Trinajstić information content (AvgIpc) is 3.03. The third-order valence-corrected chi connectivity index (χ3v) is 4.77. The van der Waals surface area contributed by atoms with Gasteiger partial charge in [-0.25, -0.2) is 0 Å². The molecule has 2 aromatic heterocycles. The Kier molecular flexibility index (Phi) is 4.53. The fourth-order valence-electron chi connectivity index (χ4n) is 3.24. The molecule has 0 amide bonds. The predicted molar refractivity (Wildman–Crippen MR) is 114 cm³/mol. The van der Waals surface area contributed by atoms with Gasteiger partial charge in [0.25, 0.3) is 0 Å². The molecule has 0 bridgehead atoms. The summed E-state index contributed by atoms with van der Waals surface area (Å²) in [5.41, 5.74) is 4.24. The van der Waals surface area contributed by atoms with Crippen LogP contribution >= 0.6 is 11.6 Å². The molecule has 0 aliphatic rings. The van der Waals surface area contributed by atoms with Crippen LogP contribution in [0, 0.1) is 0 Å². The number of allylic oxidation sites excluding steroid dienone is 1. The van der Waals surface area contributed by atoms with E-state index >= 15 is 0 Å². The normalized spacial score (nSPS) is 11.5. The van der Waals surface area contributed by atoms with Crippen molar-refractivity contribution >= 4 is 39.3 Å². The van der Waals surface area contributed by atoms with Crippen molar-refractivity contribution in [1.29, 1.82) is 0 Å². The Balaban J connectivity index is 1.90. The molecular weight excluding hydrogens is 374 g/mol. The number of carbonyl (C=O) groups is 1. The maximum absolute atomic E-state index is 12.4. The van der Waals surface area contributed by atoms with Crippen molar-refractivity contribution in [2.24, 2.45) is 0 Å². The second-order valence-corrected chi connectivity index (χ2v) is 7.27. The molecule has 0 spiro atoms. The average molecular weight is 392 g/mol. The zero-order valence-corrected chi connectivity index (χ0v) is 16.2. The minimum absolute atomic E-state index is 0.0972. The largest absolute Gasteiger partial charge is 0.383 e. The van der Waals surface area contributed by atoms with Crippen LogP contribution in [0.5, 0.6) is 0 Å². The summed E-state index contributed by atoms with van der Waals surface area (Å²) in [5, 5.41) is 1.45. The third-order valence-electron chi connectivity index (χ3n) is 4.54. The number of rotatable bonds is 4. The molecule has 4 aromatic rings. The quantitative estimate of drug-likeness (QED) is 0.395. The molecule has 0 saturated heterocycles. The maximum Gasteiger partial charge on any atom is 0.249 e. The molecule has 0 radical (unpaired) electrons. The van der Waals surface area contributed by atoms with Gasteiger partial charge in [0.2, 0.25) is 5.56 Å². The second kappa shape index (κ2) is 7.02. The summed E-state index contributed by atoms with van der Waals surface area (Å²) in [6.07, 6.45) is 3.24. The lowest BCUT2D eigenvalue weighted by Crippen LogP contribution is -2.05. The highest BCUT2D eigenvalue weighted by Gasteiger charge is 2.13. The number of hydrogen-bond acceptors (Lipinski definition) is 3. The van der Waals surface area contributed by atoms with Crippen molar-refractivity contribution in [2.45, 2.75) is 0 Å². The first-order chi connectivity index (χ1) is 13.4. The molecule has 0 saturated carbocycles. The molecule has 0 aliphatic heterocycles. The highest BCUT2D eigenvalue weighted by atomic mass is 35.5. The lowest BCUT2D eigenvalue weighted by molar-refractivity contribution is 0.104. The molecule has 2 heterocycles. The van der Waals surface area contributed by atoms with Gasteiger partial charge in [-0.3, -0.25) is 9.59 Å². The lowest BCUT2D eigenvalue weighted by Gasteiger charge is -2.06. The lowest BCUT2D eigenvalue weighted by atomic mass is 10.0. The Labute approximate surface area is 166 Å². The smallest absolute Gasteiger partial charge is 0.249 e. The molecule has 2 aromatic carbocycles. The standard InChI is InChI=1S/C22H18ClN3O2/c1-26(2)9-8-19(27)14-5-3-4-13(10-14)16-12-20(28)25-22-17-11-15(23)6-7-18(17)24-21(16)22/h3-12,24H,1-2H3,(H,25,28)/b9-8+. The second-order valence-electron chi connectivity index (χ2n) is 6.84. The molecule has 140 valence electrons. The number of carbonyl (C=O) groups excluding carboxylic acids is 1. The number of hydrogen-bond donors (Lipinski definition) is 2. The number of H-pyrrole nitrogens is 2. The van der Waals surface area contributed by atoms with Gasteiger partial charge in [-0.1, -0.05) is 29.8 Å². The third kappa shape index (κ3) is 3.32. The van der Waals surface area contributed by atoms with Crippen LogP contribution in [0.2, 0.25) is 5.02 Å². The van der Waals surface area contributed by atoms with Gasteiger partial charge in [-0.05, 0) is 29.8 Å². The van der Waals surface area contributed by atoms with Gasteiger partial charge in [0.1, 0.15) is 0 Å². The van der Waals surface area contributed by atoms with E-state index in [4.69, 9.17) is 11.6 Å². The summed E-state index contributed by atoms with van der Waals surface area (Å²) in [6.45, 7) is 0.